The van der Waals surface area contributed by atoms with Gasteiger partial charge in [0.25, 0.3) is 5.91 Å². The van der Waals surface area contributed by atoms with Gasteiger partial charge in [-0.1, -0.05) is 43.7 Å². The smallest absolute Gasteiger partial charge is 0.257 e. The van der Waals surface area contributed by atoms with Crippen molar-refractivity contribution < 1.29 is 4.79 Å². The molecule has 3 aromatic rings. The van der Waals surface area contributed by atoms with Crippen LogP contribution in [-0.4, -0.2) is 10.9 Å². The van der Waals surface area contributed by atoms with Crippen molar-refractivity contribution in [1.82, 2.24) is 4.98 Å². The fraction of sp³-hybridized carbons (Fsp3) is 0.238. The number of nitrogens with one attached hydrogen (secondary N) is 1. The van der Waals surface area contributed by atoms with Crippen LogP contribution in [0, 0.1) is 13.8 Å². The third-order valence-corrected chi connectivity index (χ3v) is 5.24. The molecule has 0 radical (unpaired) electrons. The number of amides is 1. The third kappa shape index (κ3) is 3.97. The van der Waals surface area contributed by atoms with E-state index in [9.17, 15) is 4.79 Å². The molecule has 0 saturated heterocycles. The molecule has 1 heterocycles. The van der Waals surface area contributed by atoms with Crippen LogP contribution in [0.5, 0.6) is 0 Å². The number of aryl methyl sites for hydroxylation is 3. The number of benzene rings is 2. The molecule has 0 aliphatic carbocycles. The minimum absolute atomic E-state index is 0.121. The second-order valence-corrected chi connectivity index (χ2v) is 7.24. The molecule has 25 heavy (non-hydrogen) atoms. The zero-order valence-electron chi connectivity index (χ0n) is 14.8. The van der Waals surface area contributed by atoms with Gasteiger partial charge in [0.1, 0.15) is 0 Å². The predicted molar refractivity (Wildman–Crippen MR) is 105 cm³/mol. The maximum atomic E-state index is 12.4. The van der Waals surface area contributed by atoms with E-state index in [-0.39, 0.29) is 5.91 Å². The fourth-order valence-corrected chi connectivity index (χ4v) is 3.76. The summed E-state index contributed by atoms with van der Waals surface area (Å²) < 4.78 is 0. The van der Waals surface area contributed by atoms with Gasteiger partial charge in [-0.05, 0) is 49.6 Å². The van der Waals surface area contributed by atoms with Crippen molar-refractivity contribution in [3.63, 3.8) is 0 Å². The van der Waals surface area contributed by atoms with E-state index in [2.05, 4.69) is 44.3 Å². The van der Waals surface area contributed by atoms with Gasteiger partial charge in [-0.2, -0.15) is 0 Å². The van der Waals surface area contributed by atoms with Gasteiger partial charge < -0.3 is 0 Å². The van der Waals surface area contributed by atoms with Crippen LogP contribution in [0.3, 0.4) is 0 Å². The van der Waals surface area contributed by atoms with Gasteiger partial charge >= 0.3 is 0 Å². The second kappa shape index (κ2) is 7.62. The van der Waals surface area contributed by atoms with Crippen LogP contribution < -0.4 is 5.32 Å². The van der Waals surface area contributed by atoms with Gasteiger partial charge in [-0.15, -0.1) is 11.3 Å². The molecular formula is C21H22N2OS. The summed E-state index contributed by atoms with van der Waals surface area (Å²) in [5, 5.41) is 3.60. The Balaban J connectivity index is 1.91. The highest BCUT2D eigenvalue weighted by Gasteiger charge is 2.15. The van der Waals surface area contributed by atoms with E-state index in [1.807, 2.05) is 18.2 Å². The predicted octanol–water partition coefficient (Wildman–Crippen LogP) is 5.63. The molecule has 0 fully saturated rings. The number of carbonyl (C=O) groups excluding carboxylic acids is 1. The lowest BCUT2D eigenvalue weighted by Crippen LogP contribution is -2.11. The normalized spacial score (nSPS) is 10.7. The molecule has 0 aliphatic heterocycles. The van der Waals surface area contributed by atoms with Crippen LogP contribution in [0.1, 0.15) is 39.7 Å². The summed E-state index contributed by atoms with van der Waals surface area (Å²) in [6.45, 7) is 6.38. The SMILES string of the molecule is CCCc1sc(NC(=O)c2ccccc2)nc1-c1ccc(C)c(C)c1. The van der Waals surface area contributed by atoms with Gasteiger partial charge in [-0.25, -0.2) is 4.98 Å². The van der Waals surface area contributed by atoms with Gasteiger partial charge in [-0.3, -0.25) is 10.1 Å². The monoisotopic (exact) mass is 350 g/mol. The van der Waals surface area contributed by atoms with E-state index < -0.39 is 0 Å². The Morgan fingerprint density at radius 2 is 1.84 bits per heavy atom. The van der Waals surface area contributed by atoms with Crippen LogP contribution in [0.2, 0.25) is 0 Å². The maximum Gasteiger partial charge on any atom is 0.257 e. The average Bonchev–Trinajstić information content (AvgIpc) is 3.01. The molecule has 3 rings (SSSR count). The number of hydrogen-bond acceptors (Lipinski definition) is 3. The number of thiazole rings is 1. The minimum Gasteiger partial charge on any atom is -0.298 e. The molecule has 0 bridgehead atoms. The van der Waals surface area contributed by atoms with Crippen LogP contribution in [-0.2, 0) is 6.42 Å². The van der Waals surface area contributed by atoms with Crippen LogP contribution in [0.4, 0.5) is 5.13 Å². The molecule has 0 aliphatic rings. The van der Waals surface area contributed by atoms with Crippen molar-refractivity contribution in [3.8, 4) is 11.3 Å². The Morgan fingerprint density at radius 1 is 1.08 bits per heavy atom. The molecule has 1 N–H and O–H groups in total. The number of hydrogen-bond donors (Lipinski definition) is 1. The molecule has 2 aromatic carbocycles. The summed E-state index contributed by atoms with van der Waals surface area (Å²) in [6, 6.07) is 15.6. The summed E-state index contributed by atoms with van der Waals surface area (Å²) >= 11 is 1.57. The van der Waals surface area contributed by atoms with E-state index in [1.165, 1.54) is 16.0 Å². The molecule has 0 atom stereocenters. The first-order valence-electron chi connectivity index (χ1n) is 8.52. The summed E-state index contributed by atoms with van der Waals surface area (Å²) in [5.74, 6) is -0.121. The summed E-state index contributed by atoms with van der Waals surface area (Å²) in [7, 11) is 0. The third-order valence-electron chi connectivity index (χ3n) is 4.21. The quantitative estimate of drug-likeness (QED) is 0.648. The van der Waals surface area contributed by atoms with Gasteiger partial charge in [0.05, 0.1) is 5.69 Å². The highest BCUT2D eigenvalue weighted by molar-refractivity contribution is 7.16. The summed E-state index contributed by atoms with van der Waals surface area (Å²) in [4.78, 5) is 18.3. The molecule has 1 aromatic heterocycles. The minimum atomic E-state index is -0.121. The number of carbonyl (C=O) groups is 1. The van der Waals surface area contributed by atoms with E-state index in [1.54, 1.807) is 23.5 Å². The first kappa shape index (κ1) is 17.4. The van der Waals surface area contributed by atoms with Crippen LogP contribution >= 0.6 is 11.3 Å². The molecule has 0 saturated carbocycles. The topological polar surface area (TPSA) is 42.0 Å². The summed E-state index contributed by atoms with van der Waals surface area (Å²) in [6.07, 6.45) is 2.01. The van der Waals surface area contributed by atoms with Crippen molar-refractivity contribution >= 4 is 22.4 Å². The molecule has 4 heteroatoms. The Morgan fingerprint density at radius 3 is 2.52 bits per heavy atom. The molecular weight excluding hydrogens is 328 g/mol. The standard InChI is InChI=1S/C21H22N2OS/c1-4-8-18-19(17-12-11-14(2)15(3)13-17)22-21(25-18)23-20(24)16-9-6-5-7-10-16/h5-7,9-13H,4,8H2,1-3H3,(H,22,23,24). The number of nitrogens with zero attached hydrogens (tertiary/aromatic N) is 1. The number of aromatic nitrogens is 1. The van der Waals surface area contributed by atoms with E-state index in [4.69, 9.17) is 4.98 Å². The number of rotatable bonds is 5. The zero-order chi connectivity index (χ0) is 17.8. The lowest BCUT2D eigenvalue weighted by molar-refractivity contribution is 0.102. The molecule has 0 spiro atoms. The van der Waals surface area contributed by atoms with Gasteiger partial charge in [0.15, 0.2) is 5.13 Å². The van der Waals surface area contributed by atoms with E-state index in [0.717, 1.165) is 24.1 Å². The first-order chi connectivity index (χ1) is 12.1. The van der Waals surface area contributed by atoms with Crippen molar-refractivity contribution in [2.45, 2.75) is 33.6 Å². The zero-order valence-corrected chi connectivity index (χ0v) is 15.6. The Hall–Kier alpha value is -2.46. The molecule has 3 nitrogen and oxygen atoms in total. The Labute approximate surface area is 152 Å². The molecule has 1 amide bonds. The molecule has 128 valence electrons. The van der Waals surface area contributed by atoms with E-state index in [0.29, 0.717) is 10.7 Å². The maximum absolute atomic E-state index is 12.4. The fourth-order valence-electron chi connectivity index (χ4n) is 2.67. The highest BCUT2D eigenvalue weighted by Crippen LogP contribution is 2.33. The lowest BCUT2D eigenvalue weighted by Gasteiger charge is -2.05. The lowest BCUT2D eigenvalue weighted by atomic mass is 10.0. The van der Waals surface area contributed by atoms with Crippen molar-refractivity contribution in [2.24, 2.45) is 0 Å². The number of anilines is 1. The average molecular weight is 350 g/mol. The molecule has 0 unspecified atom stereocenters. The van der Waals surface area contributed by atoms with E-state index >= 15 is 0 Å². The van der Waals surface area contributed by atoms with Gasteiger partial charge in [0.2, 0.25) is 0 Å². The Kier molecular flexibility index (Phi) is 5.29. The van der Waals surface area contributed by atoms with Crippen LogP contribution in [0.25, 0.3) is 11.3 Å². The largest absolute Gasteiger partial charge is 0.298 e. The highest BCUT2D eigenvalue weighted by atomic mass is 32.1. The van der Waals surface area contributed by atoms with Crippen molar-refractivity contribution in [3.05, 3.63) is 70.1 Å². The first-order valence-corrected chi connectivity index (χ1v) is 9.34. The van der Waals surface area contributed by atoms with Crippen LogP contribution in [0.15, 0.2) is 48.5 Å². The second-order valence-electron chi connectivity index (χ2n) is 6.16. The van der Waals surface area contributed by atoms with Gasteiger partial charge in [0, 0.05) is 16.0 Å². The van der Waals surface area contributed by atoms with Crippen molar-refractivity contribution in [1.29, 1.82) is 0 Å². The Bertz CT molecular complexity index is 884. The van der Waals surface area contributed by atoms with Crippen molar-refractivity contribution in [2.75, 3.05) is 5.32 Å². The summed E-state index contributed by atoms with van der Waals surface area (Å²) in [5.41, 5.74) is 5.26.